The molecule has 0 aliphatic heterocycles. The van der Waals surface area contributed by atoms with Gasteiger partial charge in [-0.15, -0.1) is 45.3 Å². The summed E-state index contributed by atoms with van der Waals surface area (Å²) in [5.41, 5.74) is 21.7. The van der Waals surface area contributed by atoms with E-state index in [-0.39, 0.29) is 0 Å². The summed E-state index contributed by atoms with van der Waals surface area (Å²) in [6, 6.07) is 43.2. The molecule has 0 saturated carbocycles. The van der Waals surface area contributed by atoms with Gasteiger partial charge in [0.2, 0.25) is 0 Å². The van der Waals surface area contributed by atoms with Gasteiger partial charge in [0.05, 0.1) is 11.7 Å². The second-order valence-electron chi connectivity index (χ2n) is 28.7. The Balaban J connectivity index is 0.944. The van der Waals surface area contributed by atoms with Crippen LogP contribution in [0.2, 0.25) is 0 Å². The Kier molecular flexibility index (Phi) is 32.8. The number of aromatic nitrogens is 2. The monoisotopic (exact) mass is 1390 g/mol. The summed E-state index contributed by atoms with van der Waals surface area (Å²) in [6.07, 6.45) is 58.8. The maximum Gasteiger partial charge on any atom is 0.114 e. The second-order valence-corrected chi connectivity index (χ2v) is 33.2. The summed E-state index contributed by atoms with van der Waals surface area (Å²) in [7, 11) is 0. The third kappa shape index (κ3) is 21.9. The highest BCUT2D eigenvalue weighted by atomic mass is 32.1. The Morgan fingerprint density at radius 1 is 0.237 bits per heavy atom. The van der Waals surface area contributed by atoms with Crippen molar-refractivity contribution in [1.82, 2.24) is 8.75 Å². The van der Waals surface area contributed by atoms with Crippen LogP contribution in [0.4, 0.5) is 0 Å². The van der Waals surface area contributed by atoms with Crippen molar-refractivity contribution in [3.05, 3.63) is 142 Å². The van der Waals surface area contributed by atoms with Gasteiger partial charge >= 0.3 is 0 Å². The fourth-order valence-corrected chi connectivity index (χ4v) is 20.4. The molecule has 6 aromatic rings. The first-order chi connectivity index (χ1) is 48.1. The molecule has 5 heterocycles. The summed E-state index contributed by atoms with van der Waals surface area (Å²) < 4.78 is 10.5. The van der Waals surface area contributed by atoms with E-state index in [9.17, 15) is 0 Å². The van der Waals surface area contributed by atoms with Gasteiger partial charge < -0.3 is 0 Å². The molecule has 0 atom stereocenters. The first-order valence-electron chi connectivity index (χ1n) is 39.8. The number of rotatable bonds is 50. The Labute approximate surface area is 609 Å². The normalized spacial score (nSPS) is 11.9. The van der Waals surface area contributed by atoms with Crippen LogP contribution in [0.5, 0.6) is 0 Å². The first-order valence-corrected chi connectivity index (χ1v) is 43.9. The van der Waals surface area contributed by atoms with Gasteiger partial charge in [0.25, 0.3) is 0 Å². The van der Waals surface area contributed by atoms with Crippen molar-refractivity contribution < 1.29 is 0 Å². The topological polar surface area (TPSA) is 25.8 Å². The quantitative estimate of drug-likeness (QED) is 0.0355. The minimum absolute atomic E-state index is 1.04. The number of thiophene rings is 4. The third-order valence-electron chi connectivity index (χ3n) is 21.0. The Bertz CT molecular complexity index is 3490. The van der Waals surface area contributed by atoms with E-state index in [1.165, 1.54) is 376 Å². The standard InChI is InChI=1S/C90H120N2S5/c1-5-9-13-17-21-25-29-33-37-43-51-69-61-63-93-87(69)79-67-81(75-57-49-41-47-55-73(75)79)89-71(53-45-39-35-31-27-23-19-15-11-7-3)65-83(95-89)77-59-60-78(86-85(77)91-97-92-86)84-66-72(54-46-40-36-32-28-24-20-16-12-8-4)90(96-84)82-68-80(74-56-48-42-50-58-76(74)82)88-70(62-64-94-88)52-44-38-34-30-26-22-18-14-10-6-2/h41-42,47-50,55-68H,5-40,43-46,51-54H2,1-4H3. The van der Waals surface area contributed by atoms with E-state index < -0.39 is 0 Å². The van der Waals surface area contributed by atoms with Gasteiger partial charge in [0.15, 0.2) is 0 Å². The SMILES string of the molecule is CCCCCCCCCCCCc1ccsc1-c1cc(-c2sc(-c3ccc(-c4cc(CCCCCCCCCCCC)c(-c5cc(-c6sccc6CCCCCCCCCCCC)c6cccccc5-6)s4)c4nsnc34)cc2CCCCCCCCCCCC)c2cccccc1-2. The second kappa shape index (κ2) is 42.5. The molecule has 0 spiro atoms. The zero-order valence-electron chi connectivity index (χ0n) is 60.6. The van der Waals surface area contributed by atoms with Crippen LogP contribution in [0.3, 0.4) is 0 Å². The molecule has 0 fully saturated rings. The maximum atomic E-state index is 5.26. The van der Waals surface area contributed by atoms with E-state index in [4.69, 9.17) is 8.75 Å². The van der Waals surface area contributed by atoms with Crippen LogP contribution in [-0.4, -0.2) is 8.75 Å². The first kappa shape index (κ1) is 74.9. The molecule has 0 bridgehead atoms. The average Bonchev–Trinajstić information content (AvgIpc) is 1.62. The number of benzene rings is 1. The zero-order valence-corrected chi connectivity index (χ0v) is 64.7. The number of aryl methyl sites for hydroxylation is 4. The van der Waals surface area contributed by atoms with Gasteiger partial charge in [-0.2, -0.15) is 8.75 Å². The van der Waals surface area contributed by atoms with Crippen molar-refractivity contribution >= 4 is 68.1 Å². The molecule has 7 heteroatoms. The van der Waals surface area contributed by atoms with Gasteiger partial charge in [0.1, 0.15) is 11.0 Å². The summed E-state index contributed by atoms with van der Waals surface area (Å²) >= 11 is 9.29. The molecule has 5 aromatic heterocycles. The number of unbranched alkanes of at least 4 members (excludes halogenated alkanes) is 36. The molecule has 97 heavy (non-hydrogen) atoms. The van der Waals surface area contributed by atoms with E-state index in [0.717, 1.165) is 36.7 Å². The summed E-state index contributed by atoms with van der Waals surface area (Å²) in [5.74, 6) is 0. The number of hydrogen-bond donors (Lipinski definition) is 0. The highest BCUT2D eigenvalue weighted by Gasteiger charge is 2.28. The van der Waals surface area contributed by atoms with Crippen LogP contribution in [0, 0.1) is 0 Å². The van der Waals surface area contributed by atoms with Crippen molar-refractivity contribution in [3.8, 4) is 84.9 Å². The van der Waals surface area contributed by atoms with E-state index in [0.29, 0.717) is 0 Å². The maximum absolute atomic E-state index is 5.26. The molecule has 0 N–H and O–H groups in total. The van der Waals surface area contributed by atoms with Crippen molar-refractivity contribution in [2.24, 2.45) is 0 Å². The molecule has 0 unspecified atom stereocenters. The molecular weight excluding hydrogens is 1270 g/mol. The lowest BCUT2D eigenvalue weighted by Gasteiger charge is -2.06. The smallest absolute Gasteiger partial charge is 0.114 e. The molecular formula is C90H120N2S5. The average molecular weight is 1390 g/mol. The molecule has 4 aliphatic rings. The van der Waals surface area contributed by atoms with E-state index >= 15 is 0 Å². The summed E-state index contributed by atoms with van der Waals surface area (Å²) in [5, 5.41) is 4.71. The van der Waals surface area contributed by atoms with Gasteiger partial charge in [-0.3, -0.25) is 0 Å². The molecule has 520 valence electrons. The van der Waals surface area contributed by atoms with Gasteiger partial charge in [-0.05, 0) is 143 Å². The molecule has 10 rings (SSSR count). The highest BCUT2D eigenvalue weighted by molar-refractivity contribution is 7.20. The Hall–Kier alpha value is -4.76. The van der Waals surface area contributed by atoms with Crippen molar-refractivity contribution in [1.29, 1.82) is 0 Å². The van der Waals surface area contributed by atoms with E-state index in [1.54, 1.807) is 0 Å². The van der Waals surface area contributed by atoms with Gasteiger partial charge in [-0.25, -0.2) is 0 Å². The summed E-state index contributed by atoms with van der Waals surface area (Å²) in [4.78, 5) is 8.43. The minimum atomic E-state index is 1.04. The Morgan fingerprint density at radius 2 is 0.505 bits per heavy atom. The molecule has 1 aromatic carbocycles. The lowest BCUT2D eigenvalue weighted by molar-refractivity contribution is 0.556. The van der Waals surface area contributed by atoms with Crippen LogP contribution in [0.15, 0.2) is 120 Å². The predicted molar refractivity (Wildman–Crippen MR) is 437 cm³/mol. The van der Waals surface area contributed by atoms with Crippen LogP contribution in [0.25, 0.3) is 95.9 Å². The Morgan fingerprint density at radius 3 is 0.804 bits per heavy atom. The van der Waals surface area contributed by atoms with Crippen molar-refractivity contribution in [2.75, 3.05) is 0 Å². The van der Waals surface area contributed by atoms with Crippen LogP contribution >= 0.6 is 57.1 Å². The summed E-state index contributed by atoms with van der Waals surface area (Å²) in [6.45, 7) is 9.28. The van der Waals surface area contributed by atoms with Crippen LogP contribution in [0.1, 0.15) is 307 Å². The minimum Gasteiger partial charge on any atom is -0.172 e. The van der Waals surface area contributed by atoms with Crippen LogP contribution in [-0.2, 0) is 25.7 Å². The molecule has 0 radical (unpaired) electrons. The number of nitrogens with zero attached hydrogens (tertiary/aromatic N) is 2. The van der Waals surface area contributed by atoms with Crippen molar-refractivity contribution in [3.63, 3.8) is 0 Å². The molecule has 2 nitrogen and oxygen atoms in total. The predicted octanol–water partition coefficient (Wildman–Crippen LogP) is 32.0. The zero-order chi connectivity index (χ0) is 66.9. The molecule has 0 amide bonds. The highest BCUT2D eigenvalue weighted by Crippen LogP contribution is 2.53. The van der Waals surface area contributed by atoms with Crippen molar-refractivity contribution in [2.45, 2.75) is 310 Å². The third-order valence-corrected chi connectivity index (χ3v) is 26.0. The fourth-order valence-electron chi connectivity index (χ4n) is 15.3. The molecule has 0 saturated heterocycles. The number of hydrogen-bond acceptors (Lipinski definition) is 7. The molecule has 4 aliphatic carbocycles. The van der Waals surface area contributed by atoms with E-state index in [1.807, 2.05) is 45.3 Å². The van der Waals surface area contributed by atoms with E-state index in [2.05, 4.69) is 148 Å². The lowest BCUT2D eigenvalue weighted by Crippen LogP contribution is -1.88. The number of fused-ring (bicyclic) bond motifs is 3. The largest absolute Gasteiger partial charge is 0.172 e. The van der Waals surface area contributed by atoms with Crippen LogP contribution < -0.4 is 0 Å². The fraction of sp³-hybridized carbons (Fsp3) is 0.533. The lowest BCUT2D eigenvalue weighted by atomic mass is 9.99. The van der Waals surface area contributed by atoms with Gasteiger partial charge in [0, 0.05) is 62.6 Å². The van der Waals surface area contributed by atoms with Gasteiger partial charge in [-0.1, -0.05) is 332 Å².